The first-order valence-electron chi connectivity index (χ1n) is 8.53. The molecule has 2 aromatic heterocycles. The van der Waals surface area contributed by atoms with Gasteiger partial charge in [0.05, 0.1) is 17.6 Å². The number of hydrogen-bond donors (Lipinski definition) is 0. The van der Waals surface area contributed by atoms with Crippen LogP contribution < -0.4 is 0 Å². The molecule has 26 heavy (non-hydrogen) atoms. The summed E-state index contributed by atoms with van der Waals surface area (Å²) in [6, 6.07) is 14.8. The first kappa shape index (κ1) is 15.9. The van der Waals surface area contributed by atoms with Crippen LogP contribution in [-0.2, 0) is 5.75 Å². The van der Waals surface area contributed by atoms with Gasteiger partial charge in [0.1, 0.15) is 0 Å². The molecule has 1 aliphatic heterocycles. The van der Waals surface area contributed by atoms with Crippen LogP contribution in [0.1, 0.15) is 16.7 Å². The summed E-state index contributed by atoms with van der Waals surface area (Å²) in [7, 11) is 0. The quantitative estimate of drug-likeness (QED) is 0.438. The Morgan fingerprint density at radius 3 is 2.77 bits per heavy atom. The summed E-state index contributed by atoms with van der Waals surface area (Å²) in [5.41, 5.74) is 8.52. The van der Waals surface area contributed by atoms with Gasteiger partial charge in [-0.2, -0.15) is 5.10 Å². The lowest BCUT2D eigenvalue weighted by Crippen LogP contribution is -2.04. The number of thioether (sulfide) groups is 1. The highest BCUT2D eigenvalue weighted by Gasteiger charge is 2.25. The highest BCUT2D eigenvalue weighted by Crippen LogP contribution is 2.44. The minimum atomic E-state index is 0.919. The third kappa shape index (κ3) is 2.50. The maximum Gasteiger partial charge on any atom is 0.211 e. The zero-order valence-corrected chi connectivity index (χ0v) is 16.2. The van der Waals surface area contributed by atoms with E-state index in [1.807, 2.05) is 40.8 Å². The van der Waals surface area contributed by atoms with Crippen molar-refractivity contribution in [3.05, 3.63) is 70.7 Å². The van der Waals surface area contributed by atoms with E-state index >= 15 is 0 Å². The number of aryl methyl sites for hydroxylation is 2. The summed E-state index contributed by atoms with van der Waals surface area (Å²) in [5.74, 6) is 0.961. The van der Waals surface area contributed by atoms with Gasteiger partial charge in [0.25, 0.3) is 0 Å². The van der Waals surface area contributed by atoms with Gasteiger partial charge in [-0.05, 0) is 25.5 Å². The van der Waals surface area contributed by atoms with E-state index in [1.165, 1.54) is 32.8 Å². The van der Waals surface area contributed by atoms with Crippen LogP contribution >= 0.6 is 23.1 Å². The summed E-state index contributed by atoms with van der Waals surface area (Å²) in [6.45, 7) is 4.35. The van der Waals surface area contributed by atoms with Crippen molar-refractivity contribution in [1.29, 1.82) is 0 Å². The lowest BCUT2D eigenvalue weighted by atomic mass is 10.0. The van der Waals surface area contributed by atoms with Crippen molar-refractivity contribution in [2.24, 2.45) is 0 Å². The standard InChI is InChI=1S/C21H17N3S2/c1-13-8-14(2)20-17(9-13)19-16(11-25-20)10-22-24(19)21-23-18(12-26-21)15-6-4-3-5-7-15/h3-10,12H,11H2,1-2H3. The maximum atomic E-state index is 4.86. The van der Waals surface area contributed by atoms with Gasteiger partial charge in [-0.15, -0.1) is 23.1 Å². The Balaban J connectivity index is 1.66. The Hall–Kier alpha value is -2.37. The fraction of sp³-hybridized carbons (Fsp3) is 0.143. The van der Waals surface area contributed by atoms with E-state index in [1.54, 1.807) is 11.3 Å². The highest BCUT2D eigenvalue weighted by atomic mass is 32.2. The second-order valence-electron chi connectivity index (χ2n) is 6.56. The smallest absolute Gasteiger partial charge is 0.211 e. The second-order valence-corrected chi connectivity index (χ2v) is 8.38. The van der Waals surface area contributed by atoms with Gasteiger partial charge in [-0.25, -0.2) is 9.67 Å². The molecule has 4 aromatic rings. The van der Waals surface area contributed by atoms with Crippen LogP contribution in [0.15, 0.2) is 58.9 Å². The van der Waals surface area contributed by atoms with Crippen LogP contribution in [0.25, 0.3) is 27.6 Å². The van der Waals surface area contributed by atoms with Crippen molar-refractivity contribution >= 4 is 23.1 Å². The van der Waals surface area contributed by atoms with Gasteiger partial charge in [-0.1, -0.05) is 42.0 Å². The minimum absolute atomic E-state index is 0.919. The molecular weight excluding hydrogens is 358 g/mol. The molecule has 128 valence electrons. The molecule has 1 aliphatic rings. The molecule has 0 saturated heterocycles. The summed E-state index contributed by atoms with van der Waals surface area (Å²) in [4.78, 5) is 6.23. The molecule has 0 unspecified atom stereocenters. The SMILES string of the molecule is Cc1cc(C)c2c(c1)-c1c(cnn1-c1nc(-c3ccccc3)cs1)CS2. The van der Waals surface area contributed by atoms with Gasteiger partial charge < -0.3 is 0 Å². The molecule has 0 radical (unpaired) electrons. The number of thiazole rings is 1. The molecule has 0 aliphatic carbocycles. The van der Waals surface area contributed by atoms with Crippen molar-refractivity contribution < 1.29 is 0 Å². The summed E-state index contributed by atoms with van der Waals surface area (Å²) >= 11 is 3.55. The molecule has 3 heterocycles. The largest absolute Gasteiger partial charge is 0.218 e. The van der Waals surface area contributed by atoms with Crippen LogP contribution in [-0.4, -0.2) is 14.8 Å². The average molecular weight is 376 g/mol. The Labute approximate surface area is 160 Å². The lowest BCUT2D eigenvalue weighted by Gasteiger charge is -2.20. The van der Waals surface area contributed by atoms with Crippen LogP contribution in [0, 0.1) is 13.8 Å². The predicted molar refractivity (Wildman–Crippen MR) is 109 cm³/mol. The predicted octanol–water partition coefficient (Wildman–Crippen LogP) is 5.89. The van der Waals surface area contributed by atoms with E-state index in [-0.39, 0.29) is 0 Å². The number of hydrogen-bond acceptors (Lipinski definition) is 4. The Morgan fingerprint density at radius 1 is 1.08 bits per heavy atom. The number of fused-ring (bicyclic) bond motifs is 3. The average Bonchev–Trinajstić information content (AvgIpc) is 3.29. The maximum absolute atomic E-state index is 4.86. The van der Waals surface area contributed by atoms with Gasteiger partial charge in [0.15, 0.2) is 0 Å². The molecule has 5 heteroatoms. The van der Waals surface area contributed by atoms with Crippen LogP contribution in [0.5, 0.6) is 0 Å². The zero-order valence-electron chi connectivity index (χ0n) is 14.6. The van der Waals surface area contributed by atoms with E-state index in [4.69, 9.17) is 4.98 Å². The monoisotopic (exact) mass is 375 g/mol. The third-order valence-electron chi connectivity index (χ3n) is 4.63. The molecule has 5 rings (SSSR count). The van der Waals surface area contributed by atoms with E-state index in [2.05, 4.69) is 48.6 Å². The molecule has 0 spiro atoms. The molecule has 0 N–H and O–H groups in total. The van der Waals surface area contributed by atoms with E-state index in [9.17, 15) is 0 Å². The fourth-order valence-electron chi connectivity index (χ4n) is 3.49. The van der Waals surface area contributed by atoms with E-state index < -0.39 is 0 Å². The molecule has 3 nitrogen and oxygen atoms in total. The third-order valence-corrected chi connectivity index (χ3v) is 6.74. The second kappa shape index (κ2) is 6.11. The molecule has 0 saturated carbocycles. The summed E-state index contributed by atoms with van der Waals surface area (Å²) in [6.07, 6.45) is 1.99. The molecule has 0 amide bonds. The Kier molecular flexibility index (Phi) is 3.72. The van der Waals surface area contributed by atoms with Gasteiger partial charge >= 0.3 is 0 Å². The topological polar surface area (TPSA) is 30.7 Å². The summed E-state index contributed by atoms with van der Waals surface area (Å²) < 4.78 is 2.02. The number of benzene rings is 2. The molecule has 0 bridgehead atoms. The molecule has 0 atom stereocenters. The molecular formula is C21H17N3S2. The Morgan fingerprint density at radius 2 is 1.92 bits per heavy atom. The van der Waals surface area contributed by atoms with E-state index in [0.29, 0.717) is 0 Å². The fourth-order valence-corrected chi connectivity index (χ4v) is 5.40. The number of nitrogens with zero attached hydrogens (tertiary/aromatic N) is 3. The van der Waals surface area contributed by atoms with Crippen molar-refractivity contribution in [2.45, 2.75) is 24.5 Å². The first-order chi connectivity index (χ1) is 12.7. The number of rotatable bonds is 2. The summed E-state index contributed by atoms with van der Waals surface area (Å²) in [5, 5.41) is 7.71. The first-order valence-corrected chi connectivity index (χ1v) is 10.4. The van der Waals surface area contributed by atoms with Crippen LogP contribution in [0.3, 0.4) is 0 Å². The van der Waals surface area contributed by atoms with Crippen molar-refractivity contribution in [3.63, 3.8) is 0 Å². The number of aromatic nitrogens is 3. The van der Waals surface area contributed by atoms with Crippen molar-refractivity contribution in [1.82, 2.24) is 14.8 Å². The van der Waals surface area contributed by atoms with Crippen LogP contribution in [0.2, 0.25) is 0 Å². The van der Waals surface area contributed by atoms with Gasteiger partial charge in [0, 0.05) is 32.7 Å². The van der Waals surface area contributed by atoms with Crippen molar-refractivity contribution in [2.75, 3.05) is 0 Å². The highest BCUT2D eigenvalue weighted by molar-refractivity contribution is 7.98. The molecule has 0 fully saturated rings. The normalized spacial score (nSPS) is 12.7. The van der Waals surface area contributed by atoms with Crippen molar-refractivity contribution in [3.8, 4) is 27.6 Å². The lowest BCUT2D eigenvalue weighted by molar-refractivity contribution is 0.874. The molecule has 2 aromatic carbocycles. The van der Waals surface area contributed by atoms with Gasteiger partial charge in [-0.3, -0.25) is 0 Å². The zero-order chi connectivity index (χ0) is 17.7. The minimum Gasteiger partial charge on any atom is -0.218 e. The van der Waals surface area contributed by atoms with E-state index in [0.717, 1.165) is 22.1 Å². The Bertz CT molecular complexity index is 1110. The van der Waals surface area contributed by atoms with Gasteiger partial charge in [0.2, 0.25) is 5.13 Å². The van der Waals surface area contributed by atoms with Crippen LogP contribution in [0.4, 0.5) is 0 Å².